The number of amides is 1. The van der Waals surface area contributed by atoms with Crippen LogP contribution in [0, 0.1) is 0 Å². The standard InChI is InChI=1S/C24H28N2O2/c1-19-18-28-16-15-26(19)24(27)22-17-25(23-13-6-5-12-21(22)23)14-8-7-11-20-9-3-2-4-10-20/h2-6,9-10,12-13,17,19H,7-8,11,14-16,18H2,1H3/t19-/m0/s1. The number of rotatable bonds is 6. The zero-order valence-electron chi connectivity index (χ0n) is 16.5. The summed E-state index contributed by atoms with van der Waals surface area (Å²) in [6, 6.07) is 19.0. The molecule has 4 rings (SSSR count). The van der Waals surface area contributed by atoms with Gasteiger partial charge < -0.3 is 14.2 Å². The number of para-hydroxylation sites is 1. The molecule has 1 fully saturated rings. The Kier molecular flexibility index (Phi) is 5.77. The second-order valence-electron chi connectivity index (χ2n) is 7.62. The van der Waals surface area contributed by atoms with Gasteiger partial charge in [0.05, 0.1) is 24.8 Å². The molecule has 2 heterocycles. The van der Waals surface area contributed by atoms with E-state index in [2.05, 4.69) is 66.2 Å². The molecule has 0 saturated carbocycles. The van der Waals surface area contributed by atoms with Gasteiger partial charge in [0.1, 0.15) is 0 Å². The molecule has 28 heavy (non-hydrogen) atoms. The van der Waals surface area contributed by atoms with Crippen molar-refractivity contribution >= 4 is 16.8 Å². The lowest BCUT2D eigenvalue weighted by Gasteiger charge is -2.33. The first kappa shape index (κ1) is 18.8. The normalized spacial score (nSPS) is 17.2. The summed E-state index contributed by atoms with van der Waals surface area (Å²) in [5.74, 6) is 0.120. The molecule has 3 aromatic rings. The van der Waals surface area contributed by atoms with E-state index in [0.29, 0.717) is 19.8 Å². The largest absolute Gasteiger partial charge is 0.377 e. The molecular weight excluding hydrogens is 348 g/mol. The van der Waals surface area contributed by atoms with Crippen molar-refractivity contribution < 1.29 is 9.53 Å². The minimum absolute atomic E-state index is 0.120. The van der Waals surface area contributed by atoms with E-state index < -0.39 is 0 Å². The van der Waals surface area contributed by atoms with E-state index in [4.69, 9.17) is 4.74 Å². The van der Waals surface area contributed by atoms with Crippen LogP contribution in [0.25, 0.3) is 10.9 Å². The van der Waals surface area contributed by atoms with Gasteiger partial charge in [0.15, 0.2) is 0 Å². The minimum atomic E-state index is 0.120. The molecular formula is C24H28N2O2. The molecule has 0 unspecified atom stereocenters. The number of hydrogen-bond acceptors (Lipinski definition) is 2. The number of carbonyl (C=O) groups excluding carboxylic acids is 1. The van der Waals surface area contributed by atoms with Crippen LogP contribution in [0.15, 0.2) is 60.8 Å². The third-order valence-electron chi connectivity index (χ3n) is 5.60. The lowest BCUT2D eigenvalue weighted by Crippen LogP contribution is -2.47. The highest BCUT2D eigenvalue weighted by molar-refractivity contribution is 6.07. The van der Waals surface area contributed by atoms with Crippen molar-refractivity contribution in [1.82, 2.24) is 9.47 Å². The zero-order chi connectivity index (χ0) is 19.3. The van der Waals surface area contributed by atoms with Crippen LogP contribution in [0.3, 0.4) is 0 Å². The Morgan fingerprint density at radius 2 is 1.86 bits per heavy atom. The number of fused-ring (bicyclic) bond motifs is 1. The smallest absolute Gasteiger partial charge is 0.256 e. The quantitative estimate of drug-likeness (QED) is 0.593. The van der Waals surface area contributed by atoms with Crippen molar-refractivity contribution in [3.05, 3.63) is 71.9 Å². The van der Waals surface area contributed by atoms with Crippen molar-refractivity contribution in [3.63, 3.8) is 0 Å². The average Bonchev–Trinajstić information content (AvgIpc) is 3.11. The number of hydrogen-bond donors (Lipinski definition) is 0. The number of aryl methyl sites for hydroxylation is 2. The Hall–Kier alpha value is -2.59. The van der Waals surface area contributed by atoms with Crippen LogP contribution in [0.5, 0.6) is 0 Å². The van der Waals surface area contributed by atoms with Crippen LogP contribution in [-0.2, 0) is 17.7 Å². The van der Waals surface area contributed by atoms with E-state index >= 15 is 0 Å². The van der Waals surface area contributed by atoms with E-state index in [1.807, 2.05) is 11.0 Å². The first-order valence-corrected chi connectivity index (χ1v) is 10.2. The van der Waals surface area contributed by atoms with Crippen molar-refractivity contribution in [2.24, 2.45) is 0 Å². The zero-order valence-corrected chi connectivity index (χ0v) is 16.5. The summed E-state index contributed by atoms with van der Waals surface area (Å²) in [6.45, 7) is 4.88. The number of unbranched alkanes of at least 4 members (excludes halogenated alkanes) is 1. The van der Waals surface area contributed by atoms with E-state index in [9.17, 15) is 4.79 Å². The fourth-order valence-electron chi connectivity index (χ4n) is 4.04. The second kappa shape index (κ2) is 8.61. The van der Waals surface area contributed by atoms with Crippen molar-refractivity contribution in [1.29, 1.82) is 0 Å². The number of carbonyl (C=O) groups is 1. The molecule has 1 aromatic heterocycles. The Morgan fingerprint density at radius 1 is 1.07 bits per heavy atom. The summed E-state index contributed by atoms with van der Waals surface area (Å²) in [5, 5.41) is 1.05. The Bertz CT molecular complexity index is 932. The summed E-state index contributed by atoms with van der Waals surface area (Å²) in [4.78, 5) is 15.2. The number of nitrogens with zero attached hydrogens (tertiary/aromatic N) is 2. The van der Waals surface area contributed by atoms with Gasteiger partial charge in [-0.1, -0.05) is 48.5 Å². The number of morpholine rings is 1. The third-order valence-corrected chi connectivity index (χ3v) is 5.60. The van der Waals surface area contributed by atoms with Gasteiger partial charge in [-0.15, -0.1) is 0 Å². The summed E-state index contributed by atoms with van der Waals surface area (Å²) in [5.41, 5.74) is 3.34. The Morgan fingerprint density at radius 3 is 2.68 bits per heavy atom. The SMILES string of the molecule is C[C@H]1COCCN1C(=O)c1cn(CCCCc2ccccc2)c2ccccc12. The lowest BCUT2D eigenvalue weighted by molar-refractivity contribution is 0.00369. The molecule has 1 atom stereocenters. The topological polar surface area (TPSA) is 34.5 Å². The first-order chi connectivity index (χ1) is 13.7. The first-order valence-electron chi connectivity index (χ1n) is 10.2. The van der Waals surface area contributed by atoms with Gasteiger partial charge in [0.25, 0.3) is 5.91 Å². The molecule has 146 valence electrons. The van der Waals surface area contributed by atoms with Gasteiger partial charge in [-0.05, 0) is 37.8 Å². The fourth-order valence-corrected chi connectivity index (χ4v) is 4.04. The van der Waals surface area contributed by atoms with Crippen molar-refractivity contribution in [2.75, 3.05) is 19.8 Å². The van der Waals surface area contributed by atoms with Crippen molar-refractivity contribution in [2.45, 2.75) is 38.8 Å². The van der Waals surface area contributed by atoms with Gasteiger partial charge in [-0.2, -0.15) is 0 Å². The molecule has 1 saturated heterocycles. The summed E-state index contributed by atoms with van der Waals surface area (Å²) >= 11 is 0. The molecule has 4 nitrogen and oxygen atoms in total. The minimum Gasteiger partial charge on any atom is -0.377 e. The van der Waals surface area contributed by atoms with Gasteiger partial charge in [-0.3, -0.25) is 4.79 Å². The highest BCUT2D eigenvalue weighted by Gasteiger charge is 2.27. The van der Waals surface area contributed by atoms with Crippen molar-refractivity contribution in [3.8, 4) is 0 Å². The molecule has 2 aromatic carbocycles. The van der Waals surface area contributed by atoms with Crippen LogP contribution >= 0.6 is 0 Å². The average molecular weight is 377 g/mol. The summed E-state index contributed by atoms with van der Waals surface area (Å²) < 4.78 is 7.74. The molecule has 0 N–H and O–H groups in total. The van der Waals surface area contributed by atoms with Crippen LogP contribution in [0.4, 0.5) is 0 Å². The maximum atomic E-state index is 13.2. The number of ether oxygens (including phenoxy) is 1. The molecule has 0 aliphatic carbocycles. The predicted octanol–water partition coefficient (Wildman–Crippen LogP) is 4.53. The number of benzene rings is 2. The molecule has 1 aliphatic heterocycles. The fraction of sp³-hybridized carbons (Fsp3) is 0.375. The van der Waals surface area contributed by atoms with Gasteiger partial charge in [-0.25, -0.2) is 0 Å². The molecule has 0 spiro atoms. The van der Waals surface area contributed by atoms with E-state index in [1.165, 1.54) is 5.56 Å². The van der Waals surface area contributed by atoms with Crippen LogP contribution < -0.4 is 0 Å². The van der Waals surface area contributed by atoms with E-state index in [1.54, 1.807) is 0 Å². The summed E-state index contributed by atoms with van der Waals surface area (Å²) in [7, 11) is 0. The molecule has 4 heteroatoms. The molecule has 0 radical (unpaired) electrons. The molecule has 1 amide bonds. The Balaban J connectivity index is 1.49. The van der Waals surface area contributed by atoms with Gasteiger partial charge in [0.2, 0.25) is 0 Å². The third kappa shape index (κ3) is 3.97. The van der Waals surface area contributed by atoms with E-state index in [0.717, 1.165) is 42.3 Å². The molecule has 0 bridgehead atoms. The van der Waals surface area contributed by atoms with Crippen LogP contribution in [0.1, 0.15) is 35.7 Å². The highest BCUT2D eigenvalue weighted by Crippen LogP contribution is 2.24. The Labute approximate surface area is 166 Å². The molecule has 1 aliphatic rings. The maximum Gasteiger partial charge on any atom is 0.256 e. The summed E-state index contributed by atoms with van der Waals surface area (Å²) in [6.07, 6.45) is 5.38. The second-order valence-corrected chi connectivity index (χ2v) is 7.62. The van der Waals surface area contributed by atoms with Gasteiger partial charge in [0, 0.05) is 30.2 Å². The van der Waals surface area contributed by atoms with Gasteiger partial charge >= 0.3 is 0 Å². The monoisotopic (exact) mass is 376 g/mol. The van der Waals surface area contributed by atoms with E-state index in [-0.39, 0.29) is 11.9 Å². The highest BCUT2D eigenvalue weighted by atomic mass is 16.5. The number of aromatic nitrogens is 1. The van der Waals surface area contributed by atoms with Crippen LogP contribution in [-0.4, -0.2) is 41.2 Å². The maximum absolute atomic E-state index is 13.2. The predicted molar refractivity (Wildman–Crippen MR) is 113 cm³/mol. The van der Waals surface area contributed by atoms with Crippen LogP contribution in [0.2, 0.25) is 0 Å². The lowest BCUT2D eigenvalue weighted by atomic mass is 10.1.